The van der Waals surface area contributed by atoms with E-state index in [0.717, 1.165) is 36.4 Å². The Morgan fingerprint density at radius 2 is 2.18 bits per heavy atom. The van der Waals surface area contributed by atoms with Gasteiger partial charge in [-0.05, 0) is 38.0 Å². The average molecular weight is 321 g/mol. The van der Waals surface area contributed by atoms with Crippen LogP contribution >= 0.6 is 11.3 Å². The molecule has 2 N–H and O–H groups in total. The van der Waals surface area contributed by atoms with Crippen LogP contribution in [-0.2, 0) is 4.74 Å². The molecule has 0 aromatic carbocycles. The van der Waals surface area contributed by atoms with Gasteiger partial charge in [0.15, 0.2) is 5.69 Å². The number of unbranched alkanes of at least 4 members (excludes halogenated alkanes) is 1. The molecule has 0 fully saturated rings. The minimum absolute atomic E-state index is 0.149. The highest BCUT2D eigenvalue weighted by atomic mass is 32.1. The summed E-state index contributed by atoms with van der Waals surface area (Å²) in [5.41, 5.74) is 1.30. The summed E-state index contributed by atoms with van der Waals surface area (Å²) in [4.78, 5) is 14.3. The van der Waals surface area contributed by atoms with E-state index < -0.39 is 0 Å². The molecule has 0 spiro atoms. The van der Waals surface area contributed by atoms with Crippen molar-refractivity contribution < 1.29 is 9.53 Å². The maximum absolute atomic E-state index is 12.0. The number of carbonyl (C=O) groups excluding carboxylic acids is 1. The number of aryl methyl sites for hydroxylation is 1. The van der Waals surface area contributed by atoms with Crippen LogP contribution in [-0.4, -0.2) is 35.9 Å². The molecule has 0 radical (unpaired) electrons. The molecule has 0 bridgehead atoms. The third-order valence-corrected chi connectivity index (χ3v) is 4.24. The van der Waals surface area contributed by atoms with Gasteiger partial charge in [0.2, 0.25) is 0 Å². The van der Waals surface area contributed by atoms with Gasteiger partial charge in [0.1, 0.15) is 0 Å². The van der Waals surface area contributed by atoms with E-state index in [0.29, 0.717) is 18.8 Å². The van der Waals surface area contributed by atoms with Crippen LogP contribution in [0.4, 0.5) is 0 Å². The molecule has 5 nitrogen and oxygen atoms in total. The van der Waals surface area contributed by atoms with E-state index in [1.807, 2.05) is 6.07 Å². The second-order valence-electron chi connectivity index (χ2n) is 5.15. The van der Waals surface area contributed by atoms with Crippen LogP contribution in [0.25, 0.3) is 10.6 Å². The summed E-state index contributed by atoms with van der Waals surface area (Å²) in [6, 6.07) is 5.88. The number of nitrogens with zero attached hydrogens (tertiary/aromatic N) is 1. The standard InChI is InChI=1S/C16H23N3O2S/c1-3-4-9-21-10-5-8-17-16(20)14-11-13(18-19-14)15-7-6-12(2)22-15/h6-7,11H,3-5,8-10H2,1-2H3,(H,17,20)(H,18,19). The monoisotopic (exact) mass is 321 g/mol. The first-order chi connectivity index (χ1) is 10.7. The fraction of sp³-hybridized carbons (Fsp3) is 0.500. The average Bonchev–Trinajstić information content (AvgIpc) is 3.14. The van der Waals surface area contributed by atoms with Gasteiger partial charge >= 0.3 is 0 Å². The van der Waals surface area contributed by atoms with Gasteiger partial charge < -0.3 is 10.1 Å². The molecule has 0 unspecified atom stereocenters. The number of rotatable bonds is 9. The third kappa shape index (κ3) is 4.96. The molecule has 2 heterocycles. The van der Waals surface area contributed by atoms with Crippen molar-refractivity contribution in [1.29, 1.82) is 0 Å². The Bertz CT molecular complexity index is 592. The van der Waals surface area contributed by atoms with Gasteiger partial charge in [-0.15, -0.1) is 11.3 Å². The molecule has 2 aromatic heterocycles. The molecule has 0 atom stereocenters. The molecule has 6 heteroatoms. The first-order valence-electron chi connectivity index (χ1n) is 7.69. The van der Waals surface area contributed by atoms with E-state index in [9.17, 15) is 4.79 Å². The third-order valence-electron chi connectivity index (χ3n) is 3.21. The summed E-state index contributed by atoms with van der Waals surface area (Å²) < 4.78 is 5.45. The molecule has 0 aliphatic rings. The summed E-state index contributed by atoms with van der Waals surface area (Å²) in [5, 5.41) is 9.86. The Morgan fingerprint density at radius 3 is 2.91 bits per heavy atom. The maximum atomic E-state index is 12.0. The highest BCUT2D eigenvalue weighted by Crippen LogP contribution is 2.26. The molecule has 2 aromatic rings. The van der Waals surface area contributed by atoms with E-state index in [-0.39, 0.29) is 5.91 Å². The molecule has 2 rings (SSSR count). The number of hydrogen-bond acceptors (Lipinski definition) is 4. The number of carbonyl (C=O) groups is 1. The first kappa shape index (κ1) is 16.7. The summed E-state index contributed by atoms with van der Waals surface area (Å²) >= 11 is 1.68. The second kappa shape index (κ2) is 8.70. The van der Waals surface area contributed by atoms with Crippen molar-refractivity contribution in [3.05, 3.63) is 28.8 Å². The predicted octanol–water partition coefficient (Wildman–Crippen LogP) is 3.38. The van der Waals surface area contributed by atoms with E-state index in [2.05, 4.69) is 35.4 Å². The van der Waals surface area contributed by atoms with Gasteiger partial charge in [-0.25, -0.2) is 0 Å². The number of amides is 1. The van der Waals surface area contributed by atoms with Crippen molar-refractivity contribution in [1.82, 2.24) is 15.5 Å². The van der Waals surface area contributed by atoms with Crippen LogP contribution in [0.15, 0.2) is 18.2 Å². The van der Waals surface area contributed by atoms with Gasteiger partial charge in [0.05, 0.1) is 10.6 Å². The lowest BCUT2D eigenvalue weighted by Gasteiger charge is -2.04. The number of thiophene rings is 1. The van der Waals surface area contributed by atoms with E-state index in [1.54, 1.807) is 17.4 Å². The molecule has 0 aliphatic heterocycles. The summed E-state index contributed by atoms with van der Waals surface area (Å²) in [6.07, 6.45) is 3.05. The van der Waals surface area contributed by atoms with Crippen LogP contribution in [0.1, 0.15) is 41.6 Å². The zero-order valence-electron chi connectivity index (χ0n) is 13.1. The maximum Gasteiger partial charge on any atom is 0.271 e. The molecule has 1 amide bonds. The first-order valence-corrected chi connectivity index (χ1v) is 8.50. The molecule has 22 heavy (non-hydrogen) atoms. The lowest BCUT2D eigenvalue weighted by molar-refractivity contribution is 0.0935. The molecular formula is C16H23N3O2S. The minimum atomic E-state index is -0.149. The van der Waals surface area contributed by atoms with Crippen molar-refractivity contribution in [2.45, 2.75) is 33.1 Å². The van der Waals surface area contributed by atoms with E-state index in [1.165, 1.54) is 4.88 Å². The van der Waals surface area contributed by atoms with Crippen LogP contribution in [0, 0.1) is 6.92 Å². The summed E-state index contributed by atoms with van der Waals surface area (Å²) in [7, 11) is 0. The number of nitrogens with one attached hydrogen (secondary N) is 2. The summed E-state index contributed by atoms with van der Waals surface area (Å²) in [6.45, 7) is 6.28. The van der Waals surface area contributed by atoms with Crippen LogP contribution in [0.5, 0.6) is 0 Å². The predicted molar refractivity (Wildman–Crippen MR) is 89.3 cm³/mol. The van der Waals surface area contributed by atoms with Gasteiger partial charge in [-0.3, -0.25) is 9.89 Å². The van der Waals surface area contributed by atoms with Crippen molar-refractivity contribution in [2.24, 2.45) is 0 Å². The zero-order valence-corrected chi connectivity index (χ0v) is 14.0. The number of ether oxygens (including phenoxy) is 1. The smallest absolute Gasteiger partial charge is 0.271 e. The SMILES string of the molecule is CCCCOCCCNC(=O)c1cc(-c2ccc(C)s2)[nH]n1. The van der Waals surface area contributed by atoms with Crippen molar-refractivity contribution in [3.8, 4) is 10.6 Å². The molecule has 0 saturated carbocycles. The fourth-order valence-corrected chi connectivity index (χ4v) is 2.79. The Hall–Kier alpha value is -1.66. The molecule has 120 valence electrons. The Balaban J connectivity index is 1.73. The van der Waals surface area contributed by atoms with Gasteiger partial charge in [-0.2, -0.15) is 5.10 Å². The number of aromatic nitrogens is 2. The number of H-pyrrole nitrogens is 1. The van der Waals surface area contributed by atoms with Crippen molar-refractivity contribution in [2.75, 3.05) is 19.8 Å². The van der Waals surface area contributed by atoms with Gasteiger partial charge in [0.25, 0.3) is 5.91 Å². The van der Waals surface area contributed by atoms with Gasteiger partial charge in [0, 0.05) is 24.6 Å². The topological polar surface area (TPSA) is 67.0 Å². The van der Waals surface area contributed by atoms with Crippen molar-refractivity contribution in [3.63, 3.8) is 0 Å². The van der Waals surface area contributed by atoms with Crippen LogP contribution < -0.4 is 5.32 Å². The highest BCUT2D eigenvalue weighted by Gasteiger charge is 2.11. The Morgan fingerprint density at radius 1 is 1.36 bits per heavy atom. The van der Waals surface area contributed by atoms with E-state index >= 15 is 0 Å². The molecule has 0 saturated heterocycles. The number of aromatic amines is 1. The normalized spacial score (nSPS) is 10.8. The molecule has 0 aliphatic carbocycles. The summed E-state index contributed by atoms with van der Waals surface area (Å²) in [5.74, 6) is -0.149. The van der Waals surface area contributed by atoms with Gasteiger partial charge in [-0.1, -0.05) is 13.3 Å². The Kier molecular flexibility index (Phi) is 6.61. The quantitative estimate of drug-likeness (QED) is 0.696. The lowest BCUT2D eigenvalue weighted by Crippen LogP contribution is -2.25. The largest absolute Gasteiger partial charge is 0.381 e. The Labute approximate surface area is 135 Å². The van der Waals surface area contributed by atoms with Crippen LogP contribution in [0.2, 0.25) is 0 Å². The minimum Gasteiger partial charge on any atom is -0.381 e. The molecular weight excluding hydrogens is 298 g/mol. The number of hydrogen-bond donors (Lipinski definition) is 2. The lowest BCUT2D eigenvalue weighted by atomic mass is 10.3. The van der Waals surface area contributed by atoms with Crippen molar-refractivity contribution >= 4 is 17.2 Å². The fourth-order valence-electron chi connectivity index (χ4n) is 1.96. The zero-order chi connectivity index (χ0) is 15.8. The highest BCUT2D eigenvalue weighted by molar-refractivity contribution is 7.15. The van der Waals surface area contributed by atoms with E-state index in [4.69, 9.17) is 4.74 Å². The van der Waals surface area contributed by atoms with Crippen LogP contribution in [0.3, 0.4) is 0 Å². The second-order valence-corrected chi connectivity index (χ2v) is 6.44.